The van der Waals surface area contributed by atoms with Crippen molar-refractivity contribution in [1.82, 2.24) is 5.32 Å². The number of amides is 1. The van der Waals surface area contributed by atoms with Gasteiger partial charge in [-0.25, -0.2) is 0 Å². The quantitative estimate of drug-likeness (QED) is 0.492. The monoisotopic (exact) mass is 304 g/mol. The summed E-state index contributed by atoms with van der Waals surface area (Å²) >= 11 is 5.71. The highest BCUT2D eigenvalue weighted by Gasteiger charge is 2.23. The maximum absolute atomic E-state index is 11.8. The number of para-hydroxylation sites is 1. The van der Waals surface area contributed by atoms with E-state index in [0.29, 0.717) is 18.7 Å². The molecule has 1 aromatic rings. The van der Waals surface area contributed by atoms with Gasteiger partial charge in [0.15, 0.2) is 0 Å². The van der Waals surface area contributed by atoms with Crippen LogP contribution in [-0.2, 0) is 10.8 Å². The van der Waals surface area contributed by atoms with Gasteiger partial charge >= 0.3 is 5.69 Å². The number of nitro benzene ring substituents is 1. The Morgan fingerprint density at radius 3 is 2.79 bits per heavy atom. The number of hydrogen-bond donors (Lipinski definition) is 1. The summed E-state index contributed by atoms with van der Waals surface area (Å²) in [7, 11) is -0.921. The van der Waals surface area contributed by atoms with E-state index < -0.39 is 27.3 Å². The zero-order valence-corrected chi connectivity index (χ0v) is 11.8. The molecule has 1 aromatic carbocycles. The number of nitro groups is 1. The Kier molecular flexibility index (Phi) is 5.91. The van der Waals surface area contributed by atoms with Crippen LogP contribution in [0.5, 0.6) is 0 Å². The van der Waals surface area contributed by atoms with E-state index in [1.165, 1.54) is 18.2 Å². The third kappa shape index (κ3) is 4.60. The first-order valence-electron chi connectivity index (χ1n) is 5.44. The predicted octanol–water partition coefficient (Wildman–Crippen LogP) is 1.75. The van der Waals surface area contributed by atoms with Gasteiger partial charge in [-0.2, -0.15) is 0 Å². The molecule has 0 saturated carbocycles. The van der Waals surface area contributed by atoms with Crippen LogP contribution in [0.15, 0.2) is 18.2 Å². The SMILES string of the molecule is CS(=O)CCCNC(=O)c1cccc(Cl)c1[N+](=O)[O-]. The van der Waals surface area contributed by atoms with Crippen LogP contribution in [0.4, 0.5) is 5.69 Å². The summed E-state index contributed by atoms with van der Waals surface area (Å²) in [6, 6.07) is 4.18. The van der Waals surface area contributed by atoms with Gasteiger partial charge < -0.3 is 5.32 Å². The zero-order chi connectivity index (χ0) is 14.4. The molecule has 19 heavy (non-hydrogen) atoms. The number of halogens is 1. The highest BCUT2D eigenvalue weighted by atomic mass is 35.5. The highest BCUT2D eigenvalue weighted by Crippen LogP contribution is 2.27. The van der Waals surface area contributed by atoms with Gasteiger partial charge in [0.25, 0.3) is 5.91 Å². The molecule has 0 saturated heterocycles. The van der Waals surface area contributed by atoms with Crippen LogP contribution in [0.1, 0.15) is 16.8 Å². The minimum absolute atomic E-state index is 0.0740. The molecular weight excluding hydrogens is 292 g/mol. The van der Waals surface area contributed by atoms with E-state index >= 15 is 0 Å². The number of hydrogen-bond acceptors (Lipinski definition) is 4. The van der Waals surface area contributed by atoms with Crippen molar-refractivity contribution in [2.45, 2.75) is 6.42 Å². The molecule has 1 atom stereocenters. The van der Waals surface area contributed by atoms with Crippen LogP contribution in [-0.4, -0.2) is 33.6 Å². The Morgan fingerprint density at radius 1 is 1.53 bits per heavy atom. The van der Waals surface area contributed by atoms with Gasteiger partial charge in [0.05, 0.1) is 4.92 Å². The lowest BCUT2D eigenvalue weighted by atomic mass is 10.1. The summed E-state index contributed by atoms with van der Waals surface area (Å²) in [5.74, 6) is -0.0890. The smallest absolute Gasteiger partial charge is 0.300 e. The lowest BCUT2D eigenvalue weighted by Crippen LogP contribution is -2.26. The van der Waals surface area contributed by atoms with E-state index in [2.05, 4.69) is 5.32 Å². The minimum Gasteiger partial charge on any atom is -0.352 e. The Labute approximate surface area is 117 Å². The van der Waals surface area contributed by atoms with E-state index in [-0.39, 0.29) is 10.6 Å². The highest BCUT2D eigenvalue weighted by molar-refractivity contribution is 7.84. The standard InChI is InChI=1S/C11H13ClN2O4S/c1-19(18)7-3-6-13-11(15)8-4-2-5-9(12)10(8)14(16)17/h2,4-5H,3,6-7H2,1H3,(H,13,15). The Hall–Kier alpha value is -1.47. The van der Waals surface area contributed by atoms with Crippen molar-refractivity contribution in [3.8, 4) is 0 Å². The second-order valence-electron chi connectivity index (χ2n) is 3.78. The molecule has 0 heterocycles. The van der Waals surface area contributed by atoms with E-state index in [9.17, 15) is 19.1 Å². The first-order valence-corrected chi connectivity index (χ1v) is 7.55. The first-order chi connectivity index (χ1) is 8.93. The molecule has 6 nitrogen and oxygen atoms in total. The fourth-order valence-corrected chi connectivity index (χ4v) is 2.25. The lowest BCUT2D eigenvalue weighted by Gasteiger charge is -2.06. The molecule has 1 amide bonds. The molecule has 104 valence electrons. The third-order valence-electron chi connectivity index (χ3n) is 2.31. The van der Waals surface area contributed by atoms with Gasteiger partial charge in [-0.05, 0) is 18.6 Å². The Morgan fingerprint density at radius 2 is 2.21 bits per heavy atom. The van der Waals surface area contributed by atoms with Crippen molar-refractivity contribution in [1.29, 1.82) is 0 Å². The number of carbonyl (C=O) groups is 1. The van der Waals surface area contributed by atoms with E-state index in [4.69, 9.17) is 11.6 Å². The molecule has 0 fully saturated rings. The summed E-state index contributed by atoms with van der Waals surface area (Å²) in [5.41, 5.74) is -0.476. The lowest BCUT2D eigenvalue weighted by molar-refractivity contribution is -0.385. The number of rotatable bonds is 6. The van der Waals surface area contributed by atoms with Gasteiger partial charge in [0.1, 0.15) is 10.6 Å². The van der Waals surface area contributed by atoms with Crippen molar-refractivity contribution in [3.05, 3.63) is 38.9 Å². The van der Waals surface area contributed by atoms with Crippen LogP contribution < -0.4 is 5.32 Å². The molecule has 1 rings (SSSR count). The number of benzene rings is 1. The largest absolute Gasteiger partial charge is 0.352 e. The summed E-state index contributed by atoms with van der Waals surface area (Å²) in [4.78, 5) is 22.0. The van der Waals surface area contributed by atoms with Crippen molar-refractivity contribution in [2.24, 2.45) is 0 Å². The molecule has 8 heteroatoms. The number of nitrogens with zero attached hydrogens (tertiary/aromatic N) is 1. The second kappa shape index (κ2) is 7.20. The van der Waals surface area contributed by atoms with Crippen molar-refractivity contribution >= 4 is 34.0 Å². The summed E-state index contributed by atoms with van der Waals surface area (Å²) in [5, 5.41) is 13.3. The third-order valence-corrected chi connectivity index (χ3v) is 3.48. The predicted molar refractivity (Wildman–Crippen MR) is 74.0 cm³/mol. The normalized spacial score (nSPS) is 11.9. The first kappa shape index (κ1) is 15.6. The second-order valence-corrected chi connectivity index (χ2v) is 5.74. The zero-order valence-electron chi connectivity index (χ0n) is 10.2. The Balaban J connectivity index is 2.74. The maximum atomic E-state index is 11.8. The molecule has 0 aromatic heterocycles. The maximum Gasteiger partial charge on any atom is 0.300 e. The molecule has 0 aliphatic carbocycles. The molecule has 0 radical (unpaired) electrons. The van der Waals surface area contributed by atoms with Gasteiger partial charge in [0.2, 0.25) is 0 Å². The summed E-state index contributed by atoms with van der Waals surface area (Å²) in [6.45, 7) is 0.308. The molecule has 0 aliphatic heterocycles. The summed E-state index contributed by atoms with van der Waals surface area (Å²) < 4.78 is 10.8. The van der Waals surface area contributed by atoms with Crippen molar-refractivity contribution in [2.75, 3.05) is 18.6 Å². The van der Waals surface area contributed by atoms with Crippen LogP contribution in [0.25, 0.3) is 0 Å². The van der Waals surface area contributed by atoms with Crippen LogP contribution in [0, 0.1) is 10.1 Å². The summed E-state index contributed by atoms with van der Waals surface area (Å²) in [6.07, 6.45) is 2.12. The fourth-order valence-electron chi connectivity index (χ4n) is 1.46. The average Bonchev–Trinajstić information content (AvgIpc) is 2.33. The van der Waals surface area contributed by atoms with Gasteiger partial charge in [-0.1, -0.05) is 17.7 Å². The van der Waals surface area contributed by atoms with Crippen molar-refractivity contribution < 1.29 is 13.9 Å². The van der Waals surface area contributed by atoms with E-state index in [1.807, 2.05) is 0 Å². The van der Waals surface area contributed by atoms with E-state index in [1.54, 1.807) is 6.26 Å². The minimum atomic E-state index is -0.921. The molecule has 0 spiro atoms. The average molecular weight is 305 g/mol. The molecule has 1 N–H and O–H groups in total. The molecule has 1 unspecified atom stereocenters. The topological polar surface area (TPSA) is 89.3 Å². The van der Waals surface area contributed by atoms with Gasteiger partial charge in [0, 0.05) is 29.4 Å². The number of carbonyl (C=O) groups excluding carboxylic acids is 1. The Bertz CT molecular complexity index is 521. The van der Waals surface area contributed by atoms with Crippen LogP contribution in [0.2, 0.25) is 5.02 Å². The van der Waals surface area contributed by atoms with Gasteiger partial charge in [-0.3, -0.25) is 19.1 Å². The fraction of sp³-hybridized carbons (Fsp3) is 0.364. The van der Waals surface area contributed by atoms with Crippen LogP contribution >= 0.6 is 11.6 Å². The van der Waals surface area contributed by atoms with Crippen LogP contribution in [0.3, 0.4) is 0 Å². The van der Waals surface area contributed by atoms with Crippen molar-refractivity contribution in [3.63, 3.8) is 0 Å². The van der Waals surface area contributed by atoms with E-state index in [0.717, 1.165) is 0 Å². The number of nitrogens with one attached hydrogen (secondary N) is 1. The molecule has 0 bridgehead atoms. The molecule has 0 aliphatic rings. The van der Waals surface area contributed by atoms with Gasteiger partial charge in [-0.15, -0.1) is 0 Å². The molecular formula is C11H13ClN2O4S.